The molecule has 4 rings (SSSR count). The minimum Gasteiger partial charge on any atom is -0.480 e. The third-order valence-electron chi connectivity index (χ3n) is 6.64. The van der Waals surface area contributed by atoms with E-state index in [9.17, 15) is 13.2 Å². The van der Waals surface area contributed by atoms with Crippen LogP contribution in [0.2, 0.25) is 0 Å². The second-order valence-electron chi connectivity index (χ2n) is 9.26. The lowest BCUT2D eigenvalue weighted by Crippen LogP contribution is -2.29. The van der Waals surface area contributed by atoms with Crippen LogP contribution in [0.15, 0.2) is 59.6 Å². The third kappa shape index (κ3) is 5.68. The number of likely N-dealkylation sites (tertiary alicyclic amines) is 1. The number of carbonyl (C=O) groups excluding carboxylic acids is 1. The van der Waals surface area contributed by atoms with E-state index in [4.69, 9.17) is 4.74 Å². The Morgan fingerprint density at radius 1 is 1.06 bits per heavy atom. The van der Waals surface area contributed by atoms with Crippen molar-refractivity contribution in [3.8, 4) is 5.88 Å². The summed E-state index contributed by atoms with van der Waals surface area (Å²) >= 11 is 0. The van der Waals surface area contributed by atoms with E-state index in [1.807, 2.05) is 44.2 Å². The van der Waals surface area contributed by atoms with Crippen LogP contribution < -0.4 is 14.8 Å². The minimum atomic E-state index is -4.04. The Balaban J connectivity index is 1.53. The molecule has 1 aliphatic rings. The molecule has 0 bridgehead atoms. The Bertz CT molecular complexity index is 1330. The molecule has 36 heavy (non-hydrogen) atoms. The van der Waals surface area contributed by atoms with Gasteiger partial charge in [0.25, 0.3) is 15.9 Å². The number of pyridine rings is 1. The van der Waals surface area contributed by atoms with Gasteiger partial charge in [-0.3, -0.25) is 9.52 Å². The smallest absolute Gasteiger partial charge is 0.267 e. The third-order valence-corrected chi connectivity index (χ3v) is 7.98. The summed E-state index contributed by atoms with van der Waals surface area (Å²) < 4.78 is 34.4. The highest BCUT2D eigenvalue weighted by Crippen LogP contribution is 2.30. The van der Waals surface area contributed by atoms with Crippen molar-refractivity contribution < 1.29 is 17.9 Å². The molecule has 1 aromatic heterocycles. The van der Waals surface area contributed by atoms with Crippen LogP contribution in [0.5, 0.6) is 5.88 Å². The number of rotatable bonds is 7. The van der Waals surface area contributed by atoms with E-state index < -0.39 is 10.0 Å². The predicted molar refractivity (Wildman–Crippen MR) is 141 cm³/mol. The Hall–Kier alpha value is -3.43. The van der Waals surface area contributed by atoms with Crippen LogP contribution in [0.1, 0.15) is 45.8 Å². The summed E-state index contributed by atoms with van der Waals surface area (Å²) in [5.41, 5.74) is 4.05. The lowest BCUT2D eigenvalue weighted by Gasteiger charge is -2.29. The number of aryl methyl sites for hydroxylation is 2. The molecule has 1 saturated heterocycles. The number of nitrogens with one attached hydrogen (secondary N) is 2. The average molecular weight is 509 g/mol. The highest BCUT2D eigenvalue weighted by Gasteiger charge is 2.24. The van der Waals surface area contributed by atoms with Gasteiger partial charge in [-0.2, -0.15) is 0 Å². The first-order valence-corrected chi connectivity index (χ1v) is 13.4. The van der Waals surface area contributed by atoms with Crippen molar-refractivity contribution in [1.82, 2.24) is 9.88 Å². The molecule has 1 aliphatic heterocycles. The normalized spacial score (nSPS) is 14.9. The number of carbonyl (C=O) groups is 1. The molecule has 2 aromatic carbocycles. The summed E-state index contributed by atoms with van der Waals surface area (Å²) in [6.45, 7) is 5.80. The first-order chi connectivity index (χ1) is 17.2. The van der Waals surface area contributed by atoms with E-state index in [1.54, 1.807) is 12.1 Å². The summed E-state index contributed by atoms with van der Waals surface area (Å²) in [7, 11) is -0.553. The topological polar surface area (TPSA) is 101 Å². The Labute approximate surface area is 212 Å². The van der Waals surface area contributed by atoms with Crippen molar-refractivity contribution in [3.05, 3.63) is 77.0 Å². The van der Waals surface area contributed by atoms with Gasteiger partial charge in [-0.15, -0.1) is 0 Å². The maximum Gasteiger partial charge on any atom is 0.267 e. The fourth-order valence-electron chi connectivity index (χ4n) is 4.46. The van der Waals surface area contributed by atoms with E-state index in [0.29, 0.717) is 17.2 Å². The number of methoxy groups -OCH3 is 1. The van der Waals surface area contributed by atoms with Crippen LogP contribution in [0.25, 0.3) is 0 Å². The summed E-state index contributed by atoms with van der Waals surface area (Å²) in [5.74, 6) is 0.0958. The second kappa shape index (κ2) is 10.7. The predicted octanol–water partition coefficient (Wildman–Crippen LogP) is 4.57. The van der Waals surface area contributed by atoms with Gasteiger partial charge in [0.05, 0.1) is 24.7 Å². The van der Waals surface area contributed by atoms with Crippen molar-refractivity contribution in [1.29, 1.82) is 0 Å². The van der Waals surface area contributed by atoms with E-state index in [1.165, 1.54) is 24.9 Å². The largest absolute Gasteiger partial charge is 0.480 e. The van der Waals surface area contributed by atoms with Gasteiger partial charge in [0.1, 0.15) is 0 Å². The molecule has 2 N–H and O–H groups in total. The molecule has 1 fully saturated rings. The molecule has 190 valence electrons. The molecule has 0 spiro atoms. The number of para-hydroxylation sites is 1. The van der Waals surface area contributed by atoms with Crippen LogP contribution in [0.3, 0.4) is 0 Å². The molecule has 2 heterocycles. The lowest BCUT2D eigenvalue weighted by molar-refractivity contribution is 0.102. The monoisotopic (exact) mass is 508 g/mol. The zero-order chi connectivity index (χ0) is 25.9. The van der Waals surface area contributed by atoms with Gasteiger partial charge in [0, 0.05) is 5.56 Å². The van der Waals surface area contributed by atoms with Gasteiger partial charge >= 0.3 is 0 Å². The van der Waals surface area contributed by atoms with E-state index in [2.05, 4.69) is 27.0 Å². The van der Waals surface area contributed by atoms with E-state index >= 15 is 0 Å². The Kier molecular flexibility index (Phi) is 7.61. The number of piperidine rings is 1. The zero-order valence-electron chi connectivity index (χ0n) is 21.0. The van der Waals surface area contributed by atoms with Gasteiger partial charge in [-0.1, -0.05) is 30.3 Å². The number of sulfonamides is 1. The van der Waals surface area contributed by atoms with Gasteiger partial charge in [-0.05, 0) is 87.6 Å². The standard InChI is InChI=1S/C27H32N4O4S/c1-18-6-5-7-19(2)25(18)30-36(33,34)24-16-23(17-28-27(24)35-4)29-26(32)22-10-8-20(9-11-22)21-12-14-31(3)15-13-21/h5-11,16-17,21,30H,12-15H2,1-4H3,(H,29,32). The maximum absolute atomic E-state index is 13.3. The quantitative estimate of drug-likeness (QED) is 0.485. The van der Waals surface area contributed by atoms with Crippen molar-refractivity contribution >= 4 is 27.3 Å². The molecule has 0 radical (unpaired) electrons. The summed E-state index contributed by atoms with van der Waals surface area (Å²) in [6.07, 6.45) is 3.58. The first-order valence-electron chi connectivity index (χ1n) is 11.9. The lowest BCUT2D eigenvalue weighted by atomic mass is 9.89. The zero-order valence-corrected chi connectivity index (χ0v) is 21.9. The molecule has 8 nitrogen and oxygen atoms in total. The second-order valence-corrected chi connectivity index (χ2v) is 10.9. The minimum absolute atomic E-state index is 0.0609. The number of hydrogen-bond donors (Lipinski definition) is 2. The molecule has 0 saturated carbocycles. The number of nitrogens with zero attached hydrogens (tertiary/aromatic N) is 2. The van der Waals surface area contributed by atoms with Crippen LogP contribution in [0.4, 0.5) is 11.4 Å². The van der Waals surface area contributed by atoms with Gasteiger partial charge in [0.2, 0.25) is 5.88 Å². The van der Waals surface area contributed by atoms with Gasteiger partial charge in [0.15, 0.2) is 4.90 Å². The summed E-state index contributed by atoms with van der Waals surface area (Å²) in [4.78, 5) is 19.2. The SMILES string of the molecule is COc1ncc(NC(=O)c2ccc(C3CCN(C)CC3)cc2)cc1S(=O)(=O)Nc1c(C)cccc1C. The molecular weight excluding hydrogens is 476 g/mol. The number of hydrogen-bond acceptors (Lipinski definition) is 6. The first kappa shape index (κ1) is 25.7. The Morgan fingerprint density at radius 3 is 2.31 bits per heavy atom. The van der Waals surface area contributed by atoms with Crippen LogP contribution in [0, 0.1) is 13.8 Å². The van der Waals surface area contributed by atoms with Crippen molar-refractivity contribution in [2.45, 2.75) is 37.5 Å². The number of aromatic nitrogens is 1. The molecule has 3 aromatic rings. The fourth-order valence-corrected chi connectivity index (χ4v) is 5.81. The summed E-state index contributed by atoms with van der Waals surface area (Å²) in [5, 5.41) is 2.76. The van der Waals surface area contributed by atoms with Gasteiger partial charge in [-0.25, -0.2) is 13.4 Å². The molecule has 1 amide bonds. The highest BCUT2D eigenvalue weighted by atomic mass is 32.2. The van der Waals surface area contributed by atoms with Gasteiger partial charge < -0.3 is 15.0 Å². The van der Waals surface area contributed by atoms with Crippen LogP contribution in [-0.4, -0.2) is 51.5 Å². The summed E-state index contributed by atoms with van der Waals surface area (Å²) in [6, 6.07) is 14.5. The number of ether oxygens (including phenoxy) is 1. The Morgan fingerprint density at radius 2 is 1.69 bits per heavy atom. The molecule has 9 heteroatoms. The van der Waals surface area contributed by atoms with Crippen LogP contribution in [-0.2, 0) is 10.0 Å². The fraction of sp³-hybridized carbons (Fsp3) is 0.333. The average Bonchev–Trinajstić information content (AvgIpc) is 2.87. The van der Waals surface area contributed by atoms with Crippen molar-refractivity contribution in [3.63, 3.8) is 0 Å². The van der Waals surface area contributed by atoms with Crippen LogP contribution >= 0.6 is 0 Å². The van der Waals surface area contributed by atoms with E-state index in [0.717, 1.165) is 37.1 Å². The molecule has 0 unspecified atom stereocenters. The number of amides is 1. The van der Waals surface area contributed by atoms with E-state index in [-0.39, 0.29) is 22.4 Å². The highest BCUT2D eigenvalue weighted by molar-refractivity contribution is 7.92. The molecule has 0 atom stereocenters. The molecular formula is C27H32N4O4S. The molecule has 0 aliphatic carbocycles. The number of benzene rings is 2. The van der Waals surface area contributed by atoms with Crippen molar-refractivity contribution in [2.24, 2.45) is 0 Å². The number of anilines is 2. The van der Waals surface area contributed by atoms with Crippen molar-refractivity contribution in [2.75, 3.05) is 37.3 Å². The maximum atomic E-state index is 13.3.